The van der Waals surface area contributed by atoms with Gasteiger partial charge in [0.25, 0.3) is 5.56 Å². The lowest BCUT2D eigenvalue weighted by atomic mass is 10.1. The highest BCUT2D eigenvalue weighted by atomic mass is 19.4. The molecule has 0 fully saturated rings. The normalized spacial score (nSPS) is 13.1. The van der Waals surface area contributed by atoms with Gasteiger partial charge in [0.1, 0.15) is 6.54 Å². The summed E-state index contributed by atoms with van der Waals surface area (Å²) in [6.45, 7) is 5.18. The second kappa shape index (κ2) is 7.69. The number of amides is 1. The summed E-state index contributed by atoms with van der Waals surface area (Å²) in [7, 11) is 0. The molecule has 0 radical (unpaired) electrons. The Morgan fingerprint density at radius 3 is 2.34 bits per heavy atom. The van der Waals surface area contributed by atoms with Gasteiger partial charge in [-0.05, 0) is 38.5 Å². The van der Waals surface area contributed by atoms with E-state index in [4.69, 9.17) is 0 Å². The predicted octanol–water partition coefficient (Wildman–Crippen LogP) is 3.07. The second-order valence-corrected chi connectivity index (χ2v) is 7.00. The lowest BCUT2D eigenvalue weighted by molar-refractivity contribution is -0.137. The monoisotopic (exact) mass is 407 g/mol. The van der Waals surface area contributed by atoms with Crippen LogP contribution < -0.4 is 10.9 Å². The molecule has 3 rings (SSSR count). The zero-order chi connectivity index (χ0) is 21.3. The minimum Gasteiger partial charge on any atom is -0.348 e. The van der Waals surface area contributed by atoms with Crippen molar-refractivity contribution in [3.63, 3.8) is 0 Å². The van der Waals surface area contributed by atoms with Gasteiger partial charge in [0.05, 0.1) is 34.9 Å². The van der Waals surface area contributed by atoms with Crippen LogP contribution in [-0.4, -0.2) is 25.5 Å². The summed E-state index contributed by atoms with van der Waals surface area (Å²) in [4.78, 5) is 24.9. The van der Waals surface area contributed by atoms with Crippen LogP contribution in [0, 0.1) is 0 Å². The number of benzene rings is 1. The second-order valence-electron chi connectivity index (χ2n) is 7.00. The van der Waals surface area contributed by atoms with Gasteiger partial charge >= 0.3 is 6.18 Å². The highest BCUT2D eigenvalue weighted by Crippen LogP contribution is 2.29. The van der Waals surface area contributed by atoms with Crippen molar-refractivity contribution < 1.29 is 18.0 Å². The molecule has 7 nitrogen and oxygen atoms in total. The molecule has 1 N–H and O–H groups in total. The van der Waals surface area contributed by atoms with Crippen LogP contribution in [0.25, 0.3) is 10.9 Å². The molecule has 3 aromatic rings. The molecular weight excluding hydrogens is 387 g/mol. The molecule has 2 heterocycles. The van der Waals surface area contributed by atoms with Crippen LogP contribution in [0.3, 0.4) is 0 Å². The maximum atomic E-state index is 12.7. The lowest BCUT2D eigenvalue weighted by Gasteiger charge is -2.16. The number of fused-ring (bicyclic) bond motifs is 1. The number of rotatable bonds is 5. The summed E-state index contributed by atoms with van der Waals surface area (Å²) in [5, 5.41) is 11.2. The molecule has 1 atom stereocenters. The van der Waals surface area contributed by atoms with Gasteiger partial charge in [-0.15, -0.1) is 0 Å². The molecule has 0 bridgehead atoms. The largest absolute Gasteiger partial charge is 0.416 e. The van der Waals surface area contributed by atoms with Gasteiger partial charge in [-0.2, -0.15) is 23.4 Å². The Balaban J connectivity index is 1.72. The Morgan fingerprint density at radius 2 is 1.76 bits per heavy atom. The van der Waals surface area contributed by atoms with Gasteiger partial charge in [0.15, 0.2) is 0 Å². The lowest BCUT2D eigenvalue weighted by Crippen LogP contribution is -2.35. The molecule has 0 unspecified atom stereocenters. The fraction of sp³-hybridized carbons (Fsp3) is 0.368. The third-order valence-corrected chi connectivity index (χ3v) is 4.52. The van der Waals surface area contributed by atoms with Crippen molar-refractivity contribution >= 4 is 16.8 Å². The number of hydrogen-bond acceptors (Lipinski definition) is 4. The number of nitrogens with zero attached hydrogens (tertiary/aromatic N) is 4. The number of alkyl halides is 3. The third kappa shape index (κ3) is 4.30. The average molecular weight is 407 g/mol. The summed E-state index contributed by atoms with van der Waals surface area (Å²) in [6, 6.07) is 4.06. The van der Waals surface area contributed by atoms with Crippen LogP contribution >= 0.6 is 0 Å². The molecule has 0 saturated heterocycles. The topological polar surface area (TPSA) is 81.8 Å². The predicted molar refractivity (Wildman–Crippen MR) is 100 cm³/mol. The fourth-order valence-electron chi connectivity index (χ4n) is 2.97. The number of halogens is 3. The van der Waals surface area contributed by atoms with Crippen molar-refractivity contribution in [2.75, 3.05) is 0 Å². The number of nitrogens with one attached hydrogen (secondary N) is 1. The Bertz CT molecular complexity index is 1080. The molecule has 29 heavy (non-hydrogen) atoms. The van der Waals surface area contributed by atoms with Crippen molar-refractivity contribution in [3.05, 3.63) is 58.1 Å². The zero-order valence-electron chi connectivity index (χ0n) is 16.1. The molecule has 0 aliphatic heterocycles. The van der Waals surface area contributed by atoms with Gasteiger partial charge in [-0.1, -0.05) is 12.1 Å². The van der Waals surface area contributed by atoms with Crippen LogP contribution in [0.2, 0.25) is 0 Å². The van der Waals surface area contributed by atoms with E-state index in [-0.39, 0.29) is 12.6 Å². The highest BCUT2D eigenvalue weighted by Gasteiger charge is 2.30. The number of carbonyl (C=O) groups is 1. The smallest absolute Gasteiger partial charge is 0.348 e. The van der Waals surface area contributed by atoms with Crippen LogP contribution in [0.1, 0.15) is 44.0 Å². The standard InChI is InChI=1S/C19H20F3N5O2/c1-11(2)27-16-9-23-26(18(29)15(16)8-24-27)10-17(28)25-12(3)13-4-6-14(7-5-13)19(20,21)22/h4-9,11-12H,10H2,1-3H3,(H,25,28)/t12-/m0/s1. The fourth-order valence-corrected chi connectivity index (χ4v) is 2.97. The summed E-state index contributed by atoms with van der Waals surface area (Å²) in [5.41, 5.74) is -0.0994. The van der Waals surface area contributed by atoms with Crippen LogP contribution in [0.15, 0.2) is 41.5 Å². The van der Waals surface area contributed by atoms with Crippen molar-refractivity contribution in [1.29, 1.82) is 0 Å². The van der Waals surface area contributed by atoms with E-state index in [1.54, 1.807) is 11.6 Å². The van der Waals surface area contributed by atoms with Crippen molar-refractivity contribution in [1.82, 2.24) is 24.9 Å². The van der Waals surface area contributed by atoms with Gasteiger partial charge in [0, 0.05) is 6.04 Å². The Kier molecular flexibility index (Phi) is 5.45. The zero-order valence-corrected chi connectivity index (χ0v) is 16.1. The van der Waals surface area contributed by atoms with Crippen molar-refractivity contribution in [2.24, 2.45) is 0 Å². The first-order valence-corrected chi connectivity index (χ1v) is 8.97. The SMILES string of the molecule is CC(C)n1ncc2c(=O)n(CC(=O)N[C@@H](C)c3ccc(C(F)(F)F)cc3)ncc21. The Morgan fingerprint density at radius 1 is 1.10 bits per heavy atom. The first kappa shape index (κ1) is 20.6. The van der Waals surface area contributed by atoms with Gasteiger partial charge < -0.3 is 5.32 Å². The van der Waals surface area contributed by atoms with Crippen LogP contribution in [0.5, 0.6) is 0 Å². The molecule has 0 saturated carbocycles. The van der Waals surface area contributed by atoms with Crippen LogP contribution in [0.4, 0.5) is 13.2 Å². The molecular formula is C19H20F3N5O2. The van der Waals surface area contributed by atoms with Crippen molar-refractivity contribution in [3.8, 4) is 0 Å². The van der Waals surface area contributed by atoms with E-state index in [0.717, 1.165) is 16.8 Å². The highest BCUT2D eigenvalue weighted by molar-refractivity contribution is 5.78. The number of hydrogen-bond donors (Lipinski definition) is 1. The molecule has 0 aliphatic carbocycles. The van der Waals surface area contributed by atoms with E-state index in [2.05, 4.69) is 15.5 Å². The molecule has 1 aromatic carbocycles. The molecule has 154 valence electrons. The van der Waals surface area contributed by atoms with Crippen molar-refractivity contribution in [2.45, 2.75) is 45.6 Å². The maximum absolute atomic E-state index is 12.7. The summed E-state index contributed by atoms with van der Waals surface area (Å²) in [5.74, 6) is -0.484. The molecule has 0 spiro atoms. The van der Waals surface area contributed by atoms with Gasteiger partial charge in [0.2, 0.25) is 5.91 Å². The molecule has 1 amide bonds. The number of carbonyl (C=O) groups excluding carboxylic acids is 1. The minimum atomic E-state index is -4.42. The molecule has 0 aliphatic rings. The Labute approximate surface area is 164 Å². The Hall–Kier alpha value is -3.17. The van der Waals surface area contributed by atoms with E-state index in [1.165, 1.54) is 24.5 Å². The molecule has 10 heteroatoms. The number of aromatic nitrogens is 4. The van der Waals surface area contributed by atoms with E-state index in [9.17, 15) is 22.8 Å². The van der Waals surface area contributed by atoms with E-state index < -0.39 is 29.2 Å². The minimum absolute atomic E-state index is 0.0532. The summed E-state index contributed by atoms with van der Waals surface area (Å²) >= 11 is 0. The van der Waals surface area contributed by atoms with Gasteiger partial charge in [-0.25, -0.2) is 4.68 Å². The molecule has 2 aromatic heterocycles. The quantitative estimate of drug-likeness (QED) is 0.705. The summed E-state index contributed by atoms with van der Waals surface area (Å²) < 4.78 is 40.7. The summed E-state index contributed by atoms with van der Waals surface area (Å²) in [6.07, 6.45) is -1.49. The van der Waals surface area contributed by atoms with E-state index in [1.807, 2.05) is 13.8 Å². The third-order valence-electron chi connectivity index (χ3n) is 4.52. The van der Waals surface area contributed by atoms with E-state index in [0.29, 0.717) is 16.5 Å². The first-order valence-electron chi connectivity index (χ1n) is 8.97. The average Bonchev–Trinajstić information content (AvgIpc) is 3.08. The van der Waals surface area contributed by atoms with Gasteiger partial charge in [-0.3, -0.25) is 14.3 Å². The first-order chi connectivity index (χ1) is 13.6. The van der Waals surface area contributed by atoms with E-state index >= 15 is 0 Å². The van der Waals surface area contributed by atoms with Crippen LogP contribution in [-0.2, 0) is 17.5 Å². The maximum Gasteiger partial charge on any atom is 0.416 e.